The first-order valence-electron chi connectivity index (χ1n) is 8.20. The SMILES string of the molecule is CNc1cccc(Sc2ncc(N3CCC(C)(N)CC3)nc2N)c1Cl. The Morgan fingerprint density at radius 3 is 2.68 bits per heavy atom. The average Bonchev–Trinajstić information content (AvgIpc) is 2.58. The summed E-state index contributed by atoms with van der Waals surface area (Å²) in [4.78, 5) is 12.1. The molecule has 1 saturated heterocycles. The van der Waals surface area contributed by atoms with E-state index in [-0.39, 0.29) is 5.54 Å². The molecule has 2 heterocycles. The molecule has 134 valence electrons. The predicted octanol–water partition coefficient (Wildman–Crippen LogP) is 3.22. The lowest BCUT2D eigenvalue weighted by atomic mass is 9.91. The molecule has 1 aromatic carbocycles. The molecule has 25 heavy (non-hydrogen) atoms. The van der Waals surface area contributed by atoms with Gasteiger partial charge in [-0.25, -0.2) is 9.97 Å². The third-order valence-corrected chi connectivity index (χ3v) is 6.01. The lowest BCUT2D eigenvalue weighted by molar-refractivity contribution is 0.363. The van der Waals surface area contributed by atoms with Gasteiger partial charge in [-0.15, -0.1) is 0 Å². The van der Waals surface area contributed by atoms with Gasteiger partial charge in [-0.3, -0.25) is 0 Å². The molecule has 8 heteroatoms. The monoisotopic (exact) mass is 378 g/mol. The van der Waals surface area contributed by atoms with Crippen LogP contribution in [-0.4, -0.2) is 35.6 Å². The van der Waals surface area contributed by atoms with Gasteiger partial charge >= 0.3 is 0 Å². The molecule has 0 saturated carbocycles. The number of anilines is 3. The van der Waals surface area contributed by atoms with Crippen molar-refractivity contribution in [1.82, 2.24) is 9.97 Å². The quantitative estimate of drug-likeness (QED) is 0.751. The van der Waals surface area contributed by atoms with Crippen molar-refractivity contribution in [3.8, 4) is 0 Å². The molecule has 0 unspecified atom stereocenters. The highest BCUT2D eigenvalue weighted by molar-refractivity contribution is 7.99. The highest BCUT2D eigenvalue weighted by Gasteiger charge is 2.27. The number of nitrogens with two attached hydrogens (primary N) is 2. The number of nitrogens with one attached hydrogen (secondary N) is 1. The van der Waals surface area contributed by atoms with Gasteiger partial charge in [0, 0.05) is 30.6 Å². The van der Waals surface area contributed by atoms with E-state index in [2.05, 4.69) is 27.1 Å². The van der Waals surface area contributed by atoms with Gasteiger partial charge in [0.15, 0.2) is 5.82 Å². The molecule has 6 nitrogen and oxygen atoms in total. The number of hydrogen-bond donors (Lipinski definition) is 3. The zero-order valence-electron chi connectivity index (χ0n) is 14.4. The van der Waals surface area contributed by atoms with Crippen molar-refractivity contribution in [2.45, 2.75) is 35.2 Å². The number of rotatable bonds is 4. The second-order valence-electron chi connectivity index (χ2n) is 6.53. The molecule has 1 aliphatic rings. The van der Waals surface area contributed by atoms with Gasteiger partial charge in [-0.2, -0.15) is 0 Å². The molecule has 0 amide bonds. The van der Waals surface area contributed by atoms with Crippen molar-refractivity contribution >= 4 is 40.7 Å². The van der Waals surface area contributed by atoms with Crippen LogP contribution in [0.2, 0.25) is 5.02 Å². The van der Waals surface area contributed by atoms with Crippen LogP contribution in [0.5, 0.6) is 0 Å². The molecule has 0 aliphatic carbocycles. The smallest absolute Gasteiger partial charge is 0.158 e. The largest absolute Gasteiger partial charge is 0.387 e. The maximum atomic E-state index is 6.40. The minimum Gasteiger partial charge on any atom is -0.387 e. The Balaban J connectivity index is 1.77. The van der Waals surface area contributed by atoms with Crippen LogP contribution in [0.3, 0.4) is 0 Å². The number of aromatic nitrogens is 2. The Bertz CT molecular complexity index is 757. The Morgan fingerprint density at radius 2 is 2.04 bits per heavy atom. The first kappa shape index (κ1) is 18.1. The lowest BCUT2D eigenvalue weighted by Gasteiger charge is -2.37. The van der Waals surface area contributed by atoms with Crippen molar-refractivity contribution in [2.75, 3.05) is 36.1 Å². The number of nitrogens with zero attached hydrogens (tertiary/aromatic N) is 3. The molecule has 5 N–H and O–H groups in total. The van der Waals surface area contributed by atoms with Crippen LogP contribution >= 0.6 is 23.4 Å². The van der Waals surface area contributed by atoms with E-state index in [4.69, 9.17) is 23.1 Å². The van der Waals surface area contributed by atoms with Crippen LogP contribution < -0.4 is 21.7 Å². The van der Waals surface area contributed by atoms with E-state index < -0.39 is 0 Å². The van der Waals surface area contributed by atoms with Crippen LogP contribution in [-0.2, 0) is 0 Å². The topological polar surface area (TPSA) is 93.1 Å². The molecular formula is C17H23ClN6S. The Hall–Kier alpha value is -1.70. The first-order chi connectivity index (χ1) is 11.9. The van der Waals surface area contributed by atoms with E-state index >= 15 is 0 Å². The fraction of sp³-hybridized carbons (Fsp3) is 0.412. The number of nitrogen functional groups attached to an aromatic ring is 1. The first-order valence-corrected chi connectivity index (χ1v) is 9.39. The Labute approximate surface area is 157 Å². The number of benzene rings is 1. The molecule has 1 fully saturated rings. The fourth-order valence-electron chi connectivity index (χ4n) is 2.75. The zero-order valence-corrected chi connectivity index (χ0v) is 16.0. The number of hydrogen-bond acceptors (Lipinski definition) is 7. The van der Waals surface area contributed by atoms with Gasteiger partial charge in [0.1, 0.15) is 10.8 Å². The van der Waals surface area contributed by atoms with Gasteiger partial charge in [0.05, 0.1) is 16.9 Å². The lowest BCUT2D eigenvalue weighted by Crippen LogP contribution is -2.48. The summed E-state index contributed by atoms with van der Waals surface area (Å²) in [6, 6.07) is 5.80. The standard InChI is InChI=1S/C17H23ClN6S/c1-17(20)6-8-24(9-7-17)13-10-22-16(15(19)23-13)25-12-5-3-4-11(21-2)14(12)18/h3-5,10,21H,6-9,20H2,1-2H3,(H2,19,23). The highest BCUT2D eigenvalue weighted by atomic mass is 35.5. The molecule has 1 aliphatic heterocycles. The normalized spacial score (nSPS) is 16.7. The predicted molar refractivity (Wildman–Crippen MR) is 106 cm³/mol. The summed E-state index contributed by atoms with van der Waals surface area (Å²) in [5.41, 5.74) is 13.1. The molecule has 0 atom stereocenters. The van der Waals surface area contributed by atoms with E-state index in [0.717, 1.165) is 42.3 Å². The van der Waals surface area contributed by atoms with Crippen LogP contribution in [0.4, 0.5) is 17.3 Å². The van der Waals surface area contributed by atoms with Crippen molar-refractivity contribution in [2.24, 2.45) is 5.73 Å². The van der Waals surface area contributed by atoms with Gasteiger partial charge in [0.25, 0.3) is 0 Å². The van der Waals surface area contributed by atoms with Crippen LogP contribution in [0.15, 0.2) is 34.3 Å². The summed E-state index contributed by atoms with van der Waals surface area (Å²) >= 11 is 7.81. The van der Waals surface area contributed by atoms with E-state index in [0.29, 0.717) is 15.9 Å². The van der Waals surface area contributed by atoms with E-state index in [9.17, 15) is 0 Å². The summed E-state index contributed by atoms with van der Waals surface area (Å²) in [6.45, 7) is 3.82. The molecule has 0 bridgehead atoms. The minimum atomic E-state index is -0.0969. The van der Waals surface area contributed by atoms with Crippen molar-refractivity contribution in [3.63, 3.8) is 0 Å². The van der Waals surface area contributed by atoms with Crippen molar-refractivity contribution in [3.05, 3.63) is 29.4 Å². The van der Waals surface area contributed by atoms with Gasteiger partial charge in [-0.05, 0) is 31.9 Å². The van der Waals surface area contributed by atoms with E-state index in [1.165, 1.54) is 11.8 Å². The van der Waals surface area contributed by atoms with Gasteiger partial charge in [0.2, 0.25) is 0 Å². The summed E-state index contributed by atoms with van der Waals surface area (Å²) in [7, 11) is 1.84. The van der Waals surface area contributed by atoms with Gasteiger partial charge in [-0.1, -0.05) is 29.4 Å². The maximum absolute atomic E-state index is 6.40. The fourth-order valence-corrected chi connectivity index (χ4v) is 3.89. The van der Waals surface area contributed by atoms with Crippen LogP contribution in [0.1, 0.15) is 19.8 Å². The molecular weight excluding hydrogens is 356 g/mol. The summed E-state index contributed by atoms with van der Waals surface area (Å²) in [5, 5.41) is 4.37. The molecule has 1 aromatic heterocycles. The van der Waals surface area contributed by atoms with E-state index in [1.54, 1.807) is 6.20 Å². The zero-order chi connectivity index (χ0) is 18.0. The summed E-state index contributed by atoms with van der Waals surface area (Å²) < 4.78 is 0. The summed E-state index contributed by atoms with van der Waals surface area (Å²) in [5.74, 6) is 1.21. The van der Waals surface area contributed by atoms with E-state index in [1.807, 2.05) is 25.2 Å². The van der Waals surface area contributed by atoms with Crippen molar-refractivity contribution < 1.29 is 0 Å². The maximum Gasteiger partial charge on any atom is 0.158 e. The summed E-state index contributed by atoms with van der Waals surface area (Å²) in [6.07, 6.45) is 3.63. The third-order valence-electron chi connectivity index (χ3n) is 4.42. The Morgan fingerprint density at radius 1 is 1.32 bits per heavy atom. The van der Waals surface area contributed by atoms with Crippen LogP contribution in [0.25, 0.3) is 0 Å². The molecule has 3 rings (SSSR count). The highest BCUT2D eigenvalue weighted by Crippen LogP contribution is 2.38. The molecule has 0 radical (unpaired) electrons. The third kappa shape index (κ3) is 4.11. The second-order valence-corrected chi connectivity index (χ2v) is 7.94. The molecule has 2 aromatic rings. The average molecular weight is 379 g/mol. The number of halogens is 1. The number of piperidine rings is 1. The van der Waals surface area contributed by atoms with Gasteiger partial charge < -0.3 is 21.7 Å². The van der Waals surface area contributed by atoms with Crippen LogP contribution in [0, 0.1) is 0 Å². The minimum absolute atomic E-state index is 0.0969. The Kier molecular flexibility index (Phi) is 5.27. The second kappa shape index (κ2) is 7.27. The molecule has 0 spiro atoms. The van der Waals surface area contributed by atoms with Crippen molar-refractivity contribution in [1.29, 1.82) is 0 Å².